The maximum Gasteiger partial charge on any atom is 0.122 e. The van der Waals surface area contributed by atoms with Crippen molar-refractivity contribution in [2.24, 2.45) is 5.73 Å². The fourth-order valence-electron chi connectivity index (χ4n) is 1.47. The molecule has 0 bridgehead atoms. The van der Waals surface area contributed by atoms with Crippen LogP contribution in [0.1, 0.15) is 16.7 Å². The Kier molecular flexibility index (Phi) is 3.68. The van der Waals surface area contributed by atoms with Crippen LogP contribution < -0.4 is 5.73 Å². The van der Waals surface area contributed by atoms with Gasteiger partial charge in [-0.3, -0.25) is 5.41 Å². The summed E-state index contributed by atoms with van der Waals surface area (Å²) < 4.78 is 5.02. The van der Waals surface area contributed by atoms with Gasteiger partial charge in [0.1, 0.15) is 5.75 Å². The van der Waals surface area contributed by atoms with E-state index in [9.17, 15) is 5.11 Å². The highest BCUT2D eigenvalue weighted by atomic mass is 16.5. The number of rotatable bonds is 4. The van der Waals surface area contributed by atoms with E-state index in [1.54, 1.807) is 7.11 Å². The molecular formula is C11H16N2O2. The molecule has 15 heavy (non-hydrogen) atoms. The van der Waals surface area contributed by atoms with Gasteiger partial charge < -0.3 is 15.6 Å². The lowest BCUT2D eigenvalue weighted by molar-refractivity contribution is 0.184. The summed E-state index contributed by atoms with van der Waals surface area (Å²) in [7, 11) is 1.59. The monoisotopic (exact) mass is 208 g/mol. The molecule has 0 aliphatic heterocycles. The topological polar surface area (TPSA) is 79.3 Å². The van der Waals surface area contributed by atoms with Crippen LogP contribution in [0, 0.1) is 12.3 Å². The van der Waals surface area contributed by atoms with Gasteiger partial charge in [-0.15, -0.1) is 0 Å². The molecule has 0 aromatic heterocycles. The number of hydrogen-bond acceptors (Lipinski definition) is 3. The van der Waals surface area contributed by atoms with E-state index in [1.165, 1.54) is 0 Å². The van der Waals surface area contributed by atoms with Gasteiger partial charge in [0.2, 0.25) is 0 Å². The fourth-order valence-corrected chi connectivity index (χ4v) is 1.47. The first kappa shape index (κ1) is 11.5. The molecule has 1 aromatic rings. The van der Waals surface area contributed by atoms with Crippen LogP contribution in [0.4, 0.5) is 0 Å². The van der Waals surface area contributed by atoms with E-state index in [0.717, 1.165) is 11.1 Å². The van der Waals surface area contributed by atoms with E-state index in [4.69, 9.17) is 15.9 Å². The molecule has 4 N–H and O–H groups in total. The van der Waals surface area contributed by atoms with Crippen LogP contribution in [0.2, 0.25) is 0 Å². The zero-order chi connectivity index (χ0) is 11.4. The quantitative estimate of drug-likeness (QED) is 0.516. The molecule has 0 aliphatic carbocycles. The van der Waals surface area contributed by atoms with Crippen LogP contribution in [-0.4, -0.2) is 18.1 Å². The molecule has 0 aliphatic rings. The summed E-state index contributed by atoms with van der Waals surface area (Å²) in [6.45, 7) is 2.23. The van der Waals surface area contributed by atoms with Crippen LogP contribution in [-0.2, 0) is 17.8 Å². The van der Waals surface area contributed by atoms with E-state index < -0.39 is 0 Å². The van der Waals surface area contributed by atoms with Crippen LogP contribution in [0.25, 0.3) is 0 Å². The molecule has 0 atom stereocenters. The molecule has 1 rings (SSSR count). The van der Waals surface area contributed by atoms with E-state index >= 15 is 0 Å². The summed E-state index contributed by atoms with van der Waals surface area (Å²) in [6, 6.07) is 3.71. The van der Waals surface area contributed by atoms with E-state index in [0.29, 0.717) is 12.2 Å². The van der Waals surface area contributed by atoms with Crippen LogP contribution in [0.5, 0.6) is 5.75 Å². The maximum absolute atomic E-state index is 9.85. The Morgan fingerprint density at radius 1 is 1.53 bits per heavy atom. The number of nitrogens with two attached hydrogens (primary N) is 1. The lowest BCUT2D eigenvalue weighted by Gasteiger charge is -2.12. The number of amidine groups is 1. The predicted octanol–water partition coefficient (Wildman–Crippen LogP) is 1.33. The lowest BCUT2D eigenvalue weighted by Crippen LogP contribution is -2.14. The Morgan fingerprint density at radius 2 is 2.20 bits per heavy atom. The standard InChI is InChI=1S/C11H16N2O2/c1-7-3-4-8(6-15-2)9(11(7)14)5-10(12)13/h3-4,14H,5-6H2,1-2H3,(H3,12,13). The lowest BCUT2D eigenvalue weighted by atomic mass is 10.00. The Hall–Kier alpha value is -1.55. The Bertz CT molecular complexity index is 375. The van der Waals surface area contributed by atoms with Crippen molar-refractivity contribution in [3.05, 3.63) is 28.8 Å². The summed E-state index contributed by atoms with van der Waals surface area (Å²) in [5, 5.41) is 17.1. The minimum atomic E-state index is 0.0354. The second-order valence-corrected chi connectivity index (χ2v) is 3.50. The summed E-state index contributed by atoms with van der Waals surface area (Å²) in [6.07, 6.45) is 0.256. The molecule has 0 saturated carbocycles. The Balaban J connectivity index is 3.15. The van der Waals surface area contributed by atoms with Gasteiger partial charge in [-0.2, -0.15) is 0 Å². The normalized spacial score (nSPS) is 10.3. The number of aryl methyl sites for hydroxylation is 1. The van der Waals surface area contributed by atoms with Crippen LogP contribution in [0.3, 0.4) is 0 Å². The van der Waals surface area contributed by atoms with E-state index in [2.05, 4.69) is 0 Å². The summed E-state index contributed by atoms with van der Waals surface area (Å²) in [5.74, 6) is 0.244. The molecular weight excluding hydrogens is 192 g/mol. The average Bonchev–Trinajstić information content (AvgIpc) is 2.17. The van der Waals surface area contributed by atoms with Crippen molar-refractivity contribution in [2.45, 2.75) is 20.0 Å². The highest BCUT2D eigenvalue weighted by Crippen LogP contribution is 2.26. The van der Waals surface area contributed by atoms with Crippen molar-refractivity contribution in [3.63, 3.8) is 0 Å². The van der Waals surface area contributed by atoms with E-state index in [-0.39, 0.29) is 18.0 Å². The number of aromatic hydroxyl groups is 1. The molecule has 0 unspecified atom stereocenters. The number of benzene rings is 1. The van der Waals surface area contributed by atoms with Gasteiger partial charge in [-0.1, -0.05) is 12.1 Å². The maximum atomic E-state index is 9.85. The van der Waals surface area contributed by atoms with Crippen molar-refractivity contribution in [3.8, 4) is 5.75 Å². The van der Waals surface area contributed by atoms with Gasteiger partial charge in [0.05, 0.1) is 12.4 Å². The molecule has 4 heteroatoms. The molecule has 0 fully saturated rings. The molecule has 0 heterocycles. The van der Waals surface area contributed by atoms with Crippen molar-refractivity contribution < 1.29 is 9.84 Å². The van der Waals surface area contributed by atoms with Gasteiger partial charge in [-0.25, -0.2) is 0 Å². The Labute approximate surface area is 89.2 Å². The molecule has 0 amide bonds. The van der Waals surface area contributed by atoms with Crippen molar-refractivity contribution in [1.29, 1.82) is 5.41 Å². The number of phenolic OH excluding ortho intramolecular Hbond substituents is 1. The Morgan fingerprint density at radius 3 is 2.73 bits per heavy atom. The largest absolute Gasteiger partial charge is 0.507 e. The van der Waals surface area contributed by atoms with Crippen molar-refractivity contribution >= 4 is 5.84 Å². The summed E-state index contributed by atoms with van der Waals surface area (Å²) in [5.41, 5.74) is 7.68. The van der Waals surface area contributed by atoms with Crippen LogP contribution in [0.15, 0.2) is 12.1 Å². The molecule has 0 spiro atoms. The third kappa shape index (κ3) is 2.70. The molecule has 1 aromatic carbocycles. The minimum Gasteiger partial charge on any atom is -0.507 e. The van der Waals surface area contributed by atoms with Gasteiger partial charge >= 0.3 is 0 Å². The number of hydrogen-bond donors (Lipinski definition) is 3. The van der Waals surface area contributed by atoms with Gasteiger partial charge in [0.15, 0.2) is 0 Å². The first-order chi connectivity index (χ1) is 7.06. The smallest absolute Gasteiger partial charge is 0.122 e. The van der Waals surface area contributed by atoms with Gasteiger partial charge in [0, 0.05) is 19.1 Å². The molecule has 82 valence electrons. The second-order valence-electron chi connectivity index (χ2n) is 3.50. The number of methoxy groups -OCH3 is 1. The fraction of sp³-hybridized carbons (Fsp3) is 0.364. The molecule has 0 saturated heterocycles. The van der Waals surface area contributed by atoms with Crippen molar-refractivity contribution in [1.82, 2.24) is 0 Å². The first-order valence-electron chi connectivity index (χ1n) is 4.68. The highest BCUT2D eigenvalue weighted by Gasteiger charge is 2.11. The second kappa shape index (κ2) is 4.79. The zero-order valence-corrected chi connectivity index (χ0v) is 9.00. The summed E-state index contributed by atoms with van der Waals surface area (Å²) in [4.78, 5) is 0. The number of ether oxygens (including phenoxy) is 1. The SMILES string of the molecule is COCc1ccc(C)c(O)c1CC(=N)N. The van der Waals surface area contributed by atoms with Crippen LogP contribution >= 0.6 is 0 Å². The van der Waals surface area contributed by atoms with E-state index in [1.807, 2.05) is 19.1 Å². The minimum absolute atomic E-state index is 0.0354. The third-order valence-electron chi connectivity index (χ3n) is 2.25. The summed E-state index contributed by atoms with van der Waals surface area (Å²) >= 11 is 0. The van der Waals surface area contributed by atoms with Gasteiger partial charge in [0.25, 0.3) is 0 Å². The molecule has 0 radical (unpaired) electrons. The van der Waals surface area contributed by atoms with Crippen molar-refractivity contribution in [2.75, 3.05) is 7.11 Å². The third-order valence-corrected chi connectivity index (χ3v) is 2.25. The average molecular weight is 208 g/mol. The predicted molar refractivity (Wildman–Crippen MR) is 59.2 cm³/mol. The molecule has 4 nitrogen and oxygen atoms in total. The van der Waals surface area contributed by atoms with Gasteiger partial charge in [-0.05, 0) is 18.1 Å². The first-order valence-corrected chi connectivity index (χ1v) is 4.68. The number of phenols is 1. The number of nitrogens with one attached hydrogen (secondary N) is 1. The zero-order valence-electron chi connectivity index (χ0n) is 9.00. The highest BCUT2D eigenvalue weighted by molar-refractivity contribution is 5.80.